The van der Waals surface area contributed by atoms with Gasteiger partial charge in [0.15, 0.2) is 17.7 Å². The van der Waals surface area contributed by atoms with Crippen molar-refractivity contribution in [1.29, 1.82) is 0 Å². The molecular weight excluding hydrogens is 375 g/mol. The maximum Gasteiger partial charge on any atom is 0.321 e. The van der Waals surface area contributed by atoms with Crippen molar-refractivity contribution in [2.45, 2.75) is 32.1 Å². The number of carbonyl (C=O) groups is 2. The van der Waals surface area contributed by atoms with Gasteiger partial charge in [0.2, 0.25) is 5.91 Å². The van der Waals surface area contributed by atoms with Crippen molar-refractivity contribution in [3.63, 3.8) is 0 Å². The van der Waals surface area contributed by atoms with E-state index in [-0.39, 0.29) is 28.5 Å². The monoisotopic (exact) mass is 396 g/mol. The second-order valence-electron chi connectivity index (χ2n) is 6.04. The van der Waals surface area contributed by atoms with E-state index in [2.05, 4.69) is 20.8 Å². The molecule has 146 valence electrons. The Balaban J connectivity index is 1.80. The zero-order valence-electron chi connectivity index (χ0n) is 15.2. The molecule has 3 amide bonds. The van der Waals surface area contributed by atoms with E-state index in [9.17, 15) is 14.0 Å². The number of imide groups is 1. The van der Waals surface area contributed by atoms with Crippen molar-refractivity contribution < 1.29 is 23.1 Å². The van der Waals surface area contributed by atoms with Crippen molar-refractivity contribution in [2.75, 3.05) is 12.3 Å². The Morgan fingerprint density at radius 2 is 2.00 bits per heavy atom. The zero-order valence-corrected chi connectivity index (χ0v) is 16.0. The first kappa shape index (κ1) is 20.7. The van der Waals surface area contributed by atoms with Gasteiger partial charge < -0.3 is 14.5 Å². The molecule has 0 aliphatic rings. The highest BCUT2D eigenvalue weighted by Crippen LogP contribution is 2.25. The second kappa shape index (κ2) is 9.91. The van der Waals surface area contributed by atoms with Gasteiger partial charge in [0, 0.05) is 6.54 Å². The molecule has 2 N–H and O–H groups in total. The van der Waals surface area contributed by atoms with Crippen LogP contribution in [0.3, 0.4) is 0 Å². The summed E-state index contributed by atoms with van der Waals surface area (Å²) in [5.41, 5.74) is 0. The fourth-order valence-corrected chi connectivity index (χ4v) is 2.42. The molecule has 1 atom stereocenters. The molecule has 27 heavy (non-hydrogen) atoms. The molecule has 1 aromatic heterocycles. The molecule has 2 aromatic rings. The van der Waals surface area contributed by atoms with E-state index in [1.54, 1.807) is 19.1 Å². The van der Waals surface area contributed by atoms with Crippen LogP contribution in [0, 0.1) is 11.7 Å². The summed E-state index contributed by atoms with van der Waals surface area (Å²) in [5, 5.41) is 12.6. The van der Waals surface area contributed by atoms with E-state index in [4.69, 9.17) is 9.15 Å². The number of para-hydroxylation sites is 1. The van der Waals surface area contributed by atoms with Crippen molar-refractivity contribution in [3.8, 4) is 5.75 Å². The summed E-state index contributed by atoms with van der Waals surface area (Å²) in [6.45, 7) is 6.00. The van der Waals surface area contributed by atoms with Gasteiger partial charge in [0.1, 0.15) is 0 Å². The van der Waals surface area contributed by atoms with Gasteiger partial charge in [-0.1, -0.05) is 37.7 Å². The van der Waals surface area contributed by atoms with E-state index in [1.807, 2.05) is 13.8 Å². The number of halogens is 1. The van der Waals surface area contributed by atoms with Crippen molar-refractivity contribution >= 4 is 23.7 Å². The molecule has 1 aromatic carbocycles. The highest BCUT2D eigenvalue weighted by atomic mass is 32.2. The maximum atomic E-state index is 13.6. The quantitative estimate of drug-likeness (QED) is 0.661. The summed E-state index contributed by atoms with van der Waals surface area (Å²) in [7, 11) is 0. The summed E-state index contributed by atoms with van der Waals surface area (Å²) in [6.07, 6.45) is -0.667. The van der Waals surface area contributed by atoms with E-state index >= 15 is 0 Å². The predicted octanol–water partition coefficient (Wildman–Crippen LogP) is 2.92. The van der Waals surface area contributed by atoms with E-state index in [1.165, 1.54) is 12.1 Å². The second-order valence-corrected chi connectivity index (χ2v) is 6.96. The molecule has 0 saturated carbocycles. The fourth-order valence-electron chi connectivity index (χ4n) is 1.86. The number of amides is 3. The molecule has 0 bridgehead atoms. The van der Waals surface area contributed by atoms with Crippen LogP contribution in [0.1, 0.15) is 32.8 Å². The number of hydrogen-bond donors (Lipinski definition) is 2. The van der Waals surface area contributed by atoms with Crippen LogP contribution in [0.2, 0.25) is 0 Å². The fraction of sp³-hybridized carbons (Fsp3) is 0.412. The highest BCUT2D eigenvalue weighted by Gasteiger charge is 2.18. The maximum absolute atomic E-state index is 13.6. The molecule has 8 nitrogen and oxygen atoms in total. The molecule has 0 fully saturated rings. The number of rotatable bonds is 8. The van der Waals surface area contributed by atoms with Crippen LogP contribution in [0.4, 0.5) is 9.18 Å². The average Bonchev–Trinajstić information content (AvgIpc) is 3.09. The third-order valence-corrected chi connectivity index (χ3v) is 3.98. The Morgan fingerprint density at radius 3 is 2.70 bits per heavy atom. The van der Waals surface area contributed by atoms with Crippen molar-refractivity contribution in [3.05, 3.63) is 36.0 Å². The van der Waals surface area contributed by atoms with Gasteiger partial charge in [-0.25, -0.2) is 9.18 Å². The minimum atomic E-state index is -0.667. The topological polar surface area (TPSA) is 106 Å². The minimum absolute atomic E-state index is 0.0702. The summed E-state index contributed by atoms with van der Waals surface area (Å²) in [4.78, 5) is 23.3. The van der Waals surface area contributed by atoms with Crippen LogP contribution in [-0.2, 0) is 4.79 Å². The van der Waals surface area contributed by atoms with Crippen LogP contribution >= 0.6 is 11.8 Å². The summed E-state index contributed by atoms with van der Waals surface area (Å²) < 4.78 is 24.5. The van der Waals surface area contributed by atoms with E-state index < -0.39 is 23.9 Å². The van der Waals surface area contributed by atoms with Gasteiger partial charge in [-0.15, -0.1) is 10.2 Å². The number of ether oxygens (including phenoxy) is 1. The predicted molar refractivity (Wildman–Crippen MR) is 96.8 cm³/mol. The molecule has 10 heteroatoms. The number of nitrogens with one attached hydrogen (secondary N) is 2. The lowest BCUT2D eigenvalue weighted by Crippen LogP contribution is -2.41. The van der Waals surface area contributed by atoms with Gasteiger partial charge in [0.25, 0.3) is 11.1 Å². The number of nitrogens with zero attached hydrogens (tertiary/aromatic N) is 2. The molecule has 0 aliphatic carbocycles. The van der Waals surface area contributed by atoms with Crippen LogP contribution < -0.4 is 15.4 Å². The molecular formula is C17H21FN4O4S. The standard InChI is InChI=1S/C17H21FN4O4S/c1-10(2)8-19-16(24)20-14(23)9-27-17-22-21-15(26-17)11(3)25-13-7-5-4-6-12(13)18/h4-7,10-11H,8-9H2,1-3H3,(H2,19,20,23,24)/t11-/m0/s1. The Bertz CT molecular complexity index is 784. The third kappa shape index (κ3) is 6.89. The zero-order chi connectivity index (χ0) is 19.8. The van der Waals surface area contributed by atoms with Crippen LogP contribution in [0.5, 0.6) is 5.75 Å². The molecule has 2 rings (SSSR count). The van der Waals surface area contributed by atoms with Gasteiger partial charge >= 0.3 is 6.03 Å². The number of thioether (sulfide) groups is 1. The Kier molecular flexibility index (Phi) is 7.59. The van der Waals surface area contributed by atoms with Gasteiger partial charge in [-0.3, -0.25) is 10.1 Å². The molecule has 1 heterocycles. The number of benzene rings is 1. The number of urea groups is 1. The van der Waals surface area contributed by atoms with Crippen LogP contribution in [0.25, 0.3) is 0 Å². The molecule has 0 radical (unpaired) electrons. The largest absolute Gasteiger partial charge is 0.478 e. The van der Waals surface area contributed by atoms with Crippen molar-refractivity contribution in [1.82, 2.24) is 20.8 Å². The molecule has 0 aliphatic heterocycles. The van der Waals surface area contributed by atoms with Crippen LogP contribution in [-0.4, -0.2) is 34.4 Å². The highest BCUT2D eigenvalue weighted by molar-refractivity contribution is 7.99. The number of carbonyl (C=O) groups excluding carboxylic acids is 2. The SMILES string of the molecule is CC(C)CNC(=O)NC(=O)CSc1nnc([C@H](C)Oc2ccccc2F)o1. The average molecular weight is 396 g/mol. The summed E-state index contributed by atoms with van der Waals surface area (Å²) >= 11 is 0.981. The Hall–Kier alpha value is -2.62. The van der Waals surface area contributed by atoms with Gasteiger partial charge in [-0.2, -0.15) is 0 Å². The van der Waals surface area contributed by atoms with E-state index in [0.717, 1.165) is 11.8 Å². The van der Waals surface area contributed by atoms with E-state index in [0.29, 0.717) is 6.54 Å². The minimum Gasteiger partial charge on any atom is -0.478 e. The van der Waals surface area contributed by atoms with Crippen LogP contribution in [0.15, 0.2) is 33.9 Å². The lowest BCUT2D eigenvalue weighted by atomic mass is 10.2. The first-order chi connectivity index (χ1) is 12.8. The first-order valence-electron chi connectivity index (χ1n) is 8.30. The summed E-state index contributed by atoms with van der Waals surface area (Å²) in [6, 6.07) is 5.44. The van der Waals surface area contributed by atoms with Gasteiger partial charge in [-0.05, 0) is 25.0 Å². The number of aromatic nitrogens is 2. The Morgan fingerprint density at radius 1 is 1.26 bits per heavy atom. The van der Waals surface area contributed by atoms with Crippen molar-refractivity contribution in [2.24, 2.45) is 5.92 Å². The lowest BCUT2D eigenvalue weighted by Gasteiger charge is -2.11. The summed E-state index contributed by atoms with van der Waals surface area (Å²) in [5.74, 6) is -0.549. The normalized spacial score (nSPS) is 11.9. The first-order valence-corrected chi connectivity index (χ1v) is 9.28. The molecule has 0 spiro atoms. The third-order valence-electron chi connectivity index (χ3n) is 3.16. The molecule has 0 saturated heterocycles. The molecule has 0 unspecified atom stereocenters. The Labute approximate surface area is 160 Å². The smallest absolute Gasteiger partial charge is 0.321 e. The van der Waals surface area contributed by atoms with Gasteiger partial charge in [0.05, 0.1) is 5.75 Å². The number of hydrogen-bond acceptors (Lipinski definition) is 7. The lowest BCUT2D eigenvalue weighted by molar-refractivity contribution is -0.117.